The summed E-state index contributed by atoms with van der Waals surface area (Å²) in [6.07, 6.45) is 1.62. The monoisotopic (exact) mass is 187 g/mol. The number of aliphatic hydroxyl groups excluding tert-OH is 1. The Morgan fingerprint density at radius 3 is 2.83 bits per heavy atom. The molecule has 0 aliphatic carbocycles. The smallest absolute Gasteiger partial charge is 0.143 e. The van der Waals surface area contributed by atoms with Gasteiger partial charge in [0, 0.05) is 11.8 Å². The van der Waals surface area contributed by atoms with E-state index >= 15 is 0 Å². The van der Waals surface area contributed by atoms with E-state index < -0.39 is 0 Å². The van der Waals surface area contributed by atoms with Gasteiger partial charge in [-0.3, -0.25) is 4.98 Å². The van der Waals surface area contributed by atoms with Gasteiger partial charge in [0.15, 0.2) is 0 Å². The number of aryl methyl sites for hydroxylation is 1. The molecule has 0 radical (unpaired) electrons. The Morgan fingerprint density at radius 1 is 1.67 bits per heavy atom. The molecule has 0 aliphatic heterocycles. The number of aliphatic hydroxyl groups is 1. The molecule has 4 heteroatoms. The number of hydrogen-bond acceptors (Lipinski definition) is 3. The van der Waals surface area contributed by atoms with Crippen LogP contribution < -0.4 is 4.74 Å². The zero-order valence-corrected chi connectivity index (χ0v) is 7.72. The highest BCUT2D eigenvalue weighted by Crippen LogP contribution is 2.29. The fourth-order valence-electron chi connectivity index (χ4n) is 0.955. The average Bonchev–Trinajstić information content (AvgIpc) is 2.06. The van der Waals surface area contributed by atoms with Crippen molar-refractivity contribution in [2.45, 2.75) is 13.5 Å². The van der Waals surface area contributed by atoms with Crippen molar-refractivity contribution in [3.05, 3.63) is 22.5 Å². The first-order valence-corrected chi connectivity index (χ1v) is 3.87. The number of aromatic nitrogens is 1. The van der Waals surface area contributed by atoms with Gasteiger partial charge in [-0.1, -0.05) is 11.6 Å². The van der Waals surface area contributed by atoms with Crippen molar-refractivity contribution >= 4 is 11.6 Å². The first-order valence-electron chi connectivity index (χ1n) is 3.49. The van der Waals surface area contributed by atoms with Gasteiger partial charge in [-0.05, 0) is 6.92 Å². The Kier molecular flexibility index (Phi) is 2.89. The summed E-state index contributed by atoms with van der Waals surface area (Å²) in [5.74, 6) is 0.579. The molecule has 0 bridgehead atoms. The molecular formula is C8H10ClNO2. The predicted octanol–water partition coefficient (Wildman–Crippen LogP) is 1.54. The van der Waals surface area contributed by atoms with Gasteiger partial charge in [-0.25, -0.2) is 0 Å². The van der Waals surface area contributed by atoms with Crippen molar-refractivity contribution in [1.29, 1.82) is 0 Å². The SMILES string of the molecule is COc1c(C)cnc(CO)c1Cl. The molecular weight excluding hydrogens is 178 g/mol. The second kappa shape index (κ2) is 3.74. The number of halogens is 1. The fourth-order valence-corrected chi connectivity index (χ4v) is 1.29. The first-order chi connectivity index (χ1) is 5.70. The molecule has 0 aromatic carbocycles. The van der Waals surface area contributed by atoms with Gasteiger partial charge >= 0.3 is 0 Å². The van der Waals surface area contributed by atoms with Gasteiger partial charge in [-0.2, -0.15) is 0 Å². The van der Waals surface area contributed by atoms with Crippen LogP contribution in [0.25, 0.3) is 0 Å². The van der Waals surface area contributed by atoms with E-state index in [1.807, 2.05) is 6.92 Å². The molecule has 0 spiro atoms. The lowest BCUT2D eigenvalue weighted by Crippen LogP contribution is -1.96. The standard InChI is InChI=1S/C8H10ClNO2/c1-5-3-10-6(4-11)7(9)8(5)12-2/h3,11H,4H2,1-2H3. The summed E-state index contributed by atoms with van der Waals surface area (Å²) in [7, 11) is 1.54. The number of rotatable bonds is 2. The number of pyridine rings is 1. The van der Waals surface area contributed by atoms with E-state index in [-0.39, 0.29) is 6.61 Å². The zero-order chi connectivity index (χ0) is 9.14. The van der Waals surface area contributed by atoms with E-state index in [0.717, 1.165) is 5.56 Å². The number of nitrogens with zero attached hydrogens (tertiary/aromatic N) is 1. The van der Waals surface area contributed by atoms with Crippen molar-refractivity contribution in [2.75, 3.05) is 7.11 Å². The Balaban J connectivity index is 3.24. The average molecular weight is 188 g/mol. The summed E-state index contributed by atoms with van der Waals surface area (Å²) >= 11 is 5.87. The van der Waals surface area contributed by atoms with Crippen molar-refractivity contribution in [1.82, 2.24) is 4.98 Å². The summed E-state index contributed by atoms with van der Waals surface area (Å²) in [6.45, 7) is 1.67. The molecule has 0 amide bonds. The van der Waals surface area contributed by atoms with Gasteiger partial charge < -0.3 is 9.84 Å². The molecule has 1 rings (SSSR count). The van der Waals surface area contributed by atoms with Crippen molar-refractivity contribution < 1.29 is 9.84 Å². The summed E-state index contributed by atoms with van der Waals surface area (Å²) in [6, 6.07) is 0. The fraction of sp³-hybridized carbons (Fsp3) is 0.375. The maximum absolute atomic E-state index is 8.83. The quantitative estimate of drug-likeness (QED) is 0.764. The molecule has 0 fully saturated rings. The van der Waals surface area contributed by atoms with Crippen molar-refractivity contribution in [3.8, 4) is 5.75 Å². The lowest BCUT2D eigenvalue weighted by Gasteiger charge is -2.08. The van der Waals surface area contributed by atoms with Crippen LogP contribution in [-0.4, -0.2) is 17.2 Å². The molecule has 1 aromatic heterocycles. The van der Waals surface area contributed by atoms with Crippen LogP contribution in [0.15, 0.2) is 6.20 Å². The highest BCUT2D eigenvalue weighted by Gasteiger charge is 2.09. The van der Waals surface area contributed by atoms with E-state index in [0.29, 0.717) is 16.5 Å². The van der Waals surface area contributed by atoms with E-state index in [9.17, 15) is 0 Å². The van der Waals surface area contributed by atoms with Crippen LogP contribution in [0.1, 0.15) is 11.3 Å². The molecule has 0 aliphatic rings. The van der Waals surface area contributed by atoms with Gasteiger partial charge in [0.1, 0.15) is 10.8 Å². The molecule has 1 aromatic rings. The van der Waals surface area contributed by atoms with Gasteiger partial charge in [-0.15, -0.1) is 0 Å². The molecule has 0 saturated heterocycles. The first kappa shape index (κ1) is 9.29. The van der Waals surface area contributed by atoms with Gasteiger partial charge in [0.05, 0.1) is 19.4 Å². The van der Waals surface area contributed by atoms with Crippen molar-refractivity contribution in [3.63, 3.8) is 0 Å². The maximum Gasteiger partial charge on any atom is 0.143 e. The third kappa shape index (κ3) is 1.52. The van der Waals surface area contributed by atoms with E-state index in [4.69, 9.17) is 21.4 Å². The zero-order valence-electron chi connectivity index (χ0n) is 6.97. The van der Waals surface area contributed by atoms with Crippen LogP contribution >= 0.6 is 11.6 Å². The predicted molar refractivity (Wildman–Crippen MR) is 46.5 cm³/mol. The Bertz CT molecular complexity index is 289. The Hall–Kier alpha value is -0.800. The lowest BCUT2D eigenvalue weighted by molar-refractivity contribution is 0.276. The summed E-state index contributed by atoms with van der Waals surface area (Å²) in [5, 5.41) is 9.22. The minimum Gasteiger partial charge on any atom is -0.495 e. The molecule has 66 valence electrons. The molecule has 1 N–H and O–H groups in total. The number of hydrogen-bond donors (Lipinski definition) is 1. The minimum absolute atomic E-state index is 0.171. The summed E-state index contributed by atoms with van der Waals surface area (Å²) in [4.78, 5) is 3.94. The normalized spacial score (nSPS) is 10.0. The van der Waals surface area contributed by atoms with E-state index in [2.05, 4.69) is 4.98 Å². The third-order valence-corrected chi connectivity index (χ3v) is 1.97. The van der Waals surface area contributed by atoms with Gasteiger partial charge in [0.2, 0.25) is 0 Å². The van der Waals surface area contributed by atoms with E-state index in [1.54, 1.807) is 6.20 Å². The van der Waals surface area contributed by atoms with Crippen LogP contribution in [0.2, 0.25) is 5.02 Å². The second-order valence-corrected chi connectivity index (χ2v) is 2.77. The minimum atomic E-state index is -0.171. The molecule has 0 saturated carbocycles. The molecule has 12 heavy (non-hydrogen) atoms. The van der Waals surface area contributed by atoms with Crippen LogP contribution in [-0.2, 0) is 6.61 Å². The molecule has 0 unspecified atom stereocenters. The van der Waals surface area contributed by atoms with Crippen LogP contribution in [0, 0.1) is 6.92 Å². The summed E-state index contributed by atoms with van der Waals surface area (Å²) < 4.78 is 5.04. The topological polar surface area (TPSA) is 42.4 Å². The molecule has 3 nitrogen and oxygen atoms in total. The Labute approximate surface area is 76.0 Å². The largest absolute Gasteiger partial charge is 0.495 e. The summed E-state index contributed by atoms with van der Waals surface area (Å²) in [5.41, 5.74) is 1.30. The molecule has 1 heterocycles. The van der Waals surface area contributed by atoms with Crippen LogP contribution in [0.4, 0.5) is 0 Å². The highest BCUT2D eigenvalue weighted by molar-refractivity contribution is 6.32. The number of ether oxygens (including phenoxy) is 1. The highest BCUT2D eigenvalue weighted by atomic mass is 35.5. The number of methoxy groups -OCH3 is 1. The van der Waals surface area contributed by atoms with Crippen molar-refractivity contribution in [2.24, 2.45) is 0 Å². The Morgan fingerprint density at radius 2 is 2.33 bits per heavy atom. The van der Waals surface area contributed by atoms with E-state index in [1.165, 1.54) is 7.11 Å². The van der Waals surface area contributed by atoms with Crippen LogP contribution in [0.5, 0.6) is 5.75 Å². The van der Waals surface area contributed by atoms with Gasteiger partial charge in [0.25, 0.3) is 0 Å². The van der Waals surface area contributed by atoms with Crippen LogP contribution in [0.3, 0.4) is 0 Å². The second-order valence-electron chi connectivity index (χ2n) is 2.39. The lowest BCUT2D eigenvalue weighted by atomic mass is 10.2. The maximum atomic E-state index is 8.83. The molecule has 0 atom stereocenters. The third-order valence-electron chi connectivity index (χ3n) is 1.58.